The Kier molecular flexibility index (Phi) is 6.02. The van der Waals surface area contributed by atoms with Crippen LogP contribution in [0.25, 0.3) is 0 Å². The number of aryl methyl sites for hydroxylation is 1. The second kappa shape index (κ2) is 8.41. The van der Waals surface area contributed by atoms with Gasteiger partial charge in [0.25, 0.3) is 5.91 Å². The summed E-state index contributed by atoms with van der Waals surface area (Å²) in [5.41, 5.74) is 2.15. The summed E-state index contributed by atoms with van der Waals surface area (Å²) in [7, 11) is 3.10. The molecule has 0 fully saturated rings. The molecule has 0 aliphatic carbocycles. The Bertz CT molecular complexity index is 821. The molecule has 0 atom stereocenters. The smallest absolute Gasteiger partial charge is 0.267 e. The Labute approximate surface area is 146 Å². The molecule has 0 aromatic heterocycles. The Hall–Kier alpha value is -3.46. The summed E-state index contributed by atoms with van der Waals surface area (Å²) in [6.07, 6.45) is 1.36. The van der Waals surface area contributed by atoms with Crippen molar-refractivity contribution >= 4 is 17.3 Å². The van der Waals surface area contributed by atoms with Gasteiger partial charge in [-0.2, -0.15) is 5.26 Å². The summed E-state index contributed by atoms with van der Waals surface area (Å²) in [6, 6.07) is 14.4. The van der Waals surface area contributed by atoms with Crippen molar-refractivity contribution in [1.29, 1.82) is 5.26 Å². The van der Waals surface area contributed by atoms with Crippen LogP contribution in [0.15, 0.2) is 54.2 Å². The van der Waals surface area contributed by atoms with E-state index in [9.17, 15) is 10.1 Å². The van der Waals surface area contributed by atoms with Crippen molar-refractivity contribution in [3.63, 3.8) is 0 Å². The van der Waals surface area contributed by atoms with E-state index in [1.807, 2.05) is 19.1 Å². The number of nitrogens with one attached hydrogen (secondary N) is 2. The highest BCUT2D eigenvalue weighted by Gasteiger charge is 2.12. The van der Waals surface area contributed by atoms with E-state index in [-0.39, 0.29) is 5.57 Å². The molecule has 0 unspecified atom stereocenters. The third-order valence-electron chi connectivity index (χ3n) is 3.44. The molecule has 0 aliphatic rings. The Balaban J connectivity index is 2.12. The second-order valence-corrected chi connectivity index (χ2v) is 5.20. The highest BCUT2D eigenvalue weighted by atomic mass is 16.5. The van der Waals surface area contributed by atoms with Gasteiger partial charge in [-0.25, -0.2) is 0 Å². The van der Waals surface area contributed by atoms with E-state index in [4.69, 9.17) is 9.47 Å². The number of methoxy groups -OCH3 is 2. The van der Waals surface area contributed by atoms with Crippen molar-refractivity contribution in [2.45, 2.75) is 6.92 Å². The topological polar surface area (TPSA) is 83.4 Å². The first-order chi connectivity index (χ1) is 12.1. The number of carbonyl (C=O) groups excluding carboxylic acids is 1. The average molecular weight is 337 g/mol. The highest BCUT2D eigenvalue weighted by Crippen LogP contribution is 2.25. The number of rotatable bonds is 6. The summed E-state index contributed by atoms with van der Waals surface area (Å²) in [5, 5.41) is 14.9. The molecule has 0 saturated carbocycles. The van der Waals surface area contributed by atoms with Crippen LogP contribution in [0.5, 0.6) is 11.5 Å². The predicted octanol–water partition coefficient (Wildman–Crippen LogP) is 3.47. The van der Waals surface area contributed by atoms with Gasteiger partial charge < -0.3 is 20.1 Å². The largest absolute Gasteiger partial charge is 0.497 e. The molecule has 0 heterocycles. The van der Waals surface area contributed by atoms with Gasteiger partial charge in [-0.15, -0.1) is 0 Å². The zero-order valence-electron chi connectivity index (χ0n) is 14.3. The van der Waals surface area contributed by atoms with Gasteiger partial charge in [0.1, 0.15) is 23.1 Å². The van der Waals surface area contributed by atoms with Gasteiger partial charge in [0, 0.05) is 11.9 Å². The van der Waals surface area contributed by atoms with Gasteiger partial charge in [0.2, 0.25) is 0 Å². The minimum Gasteiger partial charge on any atom is -0.497 e. The van der Waals surface area contributed by atoms with Gasteiger partial charge in [0.05, 0.1) is 19.9 Å². The third-order valence-corrected chi connectivity index (χ3v) is 3.44. The fourth-order valence-electron chi connectivity index (χ4n) is 2.10. The van der Waals surface area contributed by atoms with Gasteiger partial charge >= 0.3 is 0 Å². The van der Waals surface area contributed by atoms with E-state index < -0.39 is 5.91 Å². The van der Waals surface area contributed by atoms with E-state index in [0.717, 1.165) is 17.0 Å². The molecule has 0 radical (unpaired) electrons. The SMILES string of the molecule is COc1ccc(N/C=C(/C#N)C(=O)Nc2cc(C)ccc2OC)cc1. The number of nitriles is 1. The quantitative estimate of drug-likeness (QED) is 0.623. The van der Waals surface area contributed by atoms with Crippen LogP contribution >= 0.6 is 0 Å². The number of amides is 1. The van der Waals surface area contributed by atoms with Crippen LogP contribution in [0.2, 0.25) is 0 Å². The number of ether oxygens (including phenoxy) is 2. The van der Waals surface area contributed by atoms with E-state index in [0.29, 0.717) is 11.4 Å². The Morgan fingerprint density at radius 3 is 2.44 bits per heavy atom. The molecule has 0 saturated heterocycles. The van der Waals surface area contributed by atoms with Crippen LogP contribution in [0.4, 0.5) is 11.4 Å². The first-order valence-corrected chi connectivity index (χ1v) is 7.54. The lowest BCUT2D eigenvalue weighted by Crippen LogP contribution is -2.15. The molecule has 2 aromatic carbocycles. The van der Waals surface area contributed by atoms with Crippen molar-refractivity contribution in [3.8, 4) is 17.6 Å². The van der Waals surface area contributed by atoms with Crippen molar-refractivity contribution in [1.82, 2.24) is 0 Å². The summed E-state index contributed by atoms with van der Waals surface area (Å²) < 4.78 is 10.3. The molecule has 0 bridgehead atoms. The molecule has 2 rings (SSSR count). The van der Waals surface area contributed by atoms with Crippen LogP contribution in [-0.2, 0) is 4.79 Å². The first kappa shape index (κ1) is 17.9. The number of hydrogen-bond acceptors (Lipinski definition) is 5. The fraction of sp³-hybridized carbons (Fsp3) is 0.158. The summed E-state index contributed by atoms with van der Waals surface area (Å²) in [5.74, 6) is 0.728. The maximum Gasteiger partial charge on any atom is 0.267 e. The van der Waals surface area contributed by atoms with Crippen LogP contribution in [0, 0.1) is 18.3 Å². The molecule has 2 aromatic rings. The molecular formula is C19H19N3O3. The maximum atomic E-state index is 12.3. The molecule has 6 nitrogen and oxygen atoms in total. The molecule has 1 amide bonds. The Morgan fingerprint density at radius 1 is 1.12 bits per heavy atom. The zero-order valence-corrected chi connectivity index (χ0v) is 14.3. The molecule has 0 spiro atoms. The monoisotopic (exact) mass is 337 g/mol. The van der Waals surface area contributed by atoms with Gasteiger partial charge in [-0.05, 0) is 48.9 Å². The maximum absolute atomic E-state index is 12.3. The minimum absolute atomic E-state index is 0.0561. The van der Waals surface area contributed by atoms with Crippen LogP contribution in [0.3, 0.4) is 0 Å². The fourth-order valence-corrected chi connectivity index (χ4v) is 2.10. The molecule has 128 valence electrons. The Morgan fingerprint density at radius 2 is 1.84 bits per heavy atom. The molecular weight excluding hydrogens is 318 g/mol. The van der Waals surface area contributed by atoms with Crippen LogP contribution < -0.4 is 20.1 Å². The molecule has 25 heavy (non-hydrogen) atoms. The van der Waals surface area contributed by atoms with E-state index >= 15 is 0 Å². The zero-order chi connectivity index (χ0) is 18.2. The summed E-state index contributed by atoms with van der Waals surface area (Å²) in [4.78, 5) is 12.3. The van der Waals surface area contributed by atoms with Crippen molar-refractivity contribution in [2.75, 3.05) is 24.9 Å². The lowest BCUT2D eigenvalue weighted by atomic mass is 10.2. The lowest BCUT2D eigenvalue weighted by molar-refractivity contribution is -0.112. The number of benzene rings is 2. The van der Waals surface area contributed by atoms with Crippen molar-refractivity contribution in [3.05, 3.63) is 59.8 Å². The predicted molar refractivity (Wildman–Crippen MR) is 96.7 cm³/mol. The molecule has 0 aliphatic heterocycles. The molecule has 2 N–H and O–H groups in total. The highest BCUT2D eigenvalue weighted by molar-refractivity contribution is 6.07. The van der Waals surface area contributed by atoms with Gasteiger partial charge in [0.15, 0.2) is 0 Å². The number of nitrogens with zero attached hydrogens (tertiary/aromatic N) is 1. The normalized spacial score (nSPS) is 10.6. The second-order valence-electron chi connectivity index (χ2n) is 5.20. The lowest BCUT2D eigenvalue weighted by Gasteiger charge is -2.10. The summed E-state index contributed by atoms with van der Waals surface area (Å²) >= 11 is 0. The van der Waals surface area contributed by atoms with Gasteiger partial charge in [-0.3, -0.25) is 4.79 Å². The minimum atomic E-state index is -0.521. The average Bonchev–Trinajstić information content (AvgIpc) is 2.63. The van der Waals surface area contributed by atoms with Crippen LogP contribution in [-0.4, -0.2) is 20.1 Å². The van der Waals surface area contributed by atoms with Crippen molar-refractivity contribution in [2.24, 2.45) is 0 Å². The number of anilines is 2. The standard InChI is InChI=1S/C19H19N3O3/c1-13-4-9-18(25-3)17(10-13)22-19(23)14(11-20)12-21-15-5-7-16(24-2)8-6-15/h4-10,12,21H,1-3H3,(H,22,23)/b14-12-. The third kappa shape index (κ3) is 4.75. The molecule has 6 heteroatoms. The van der Waals surface area contributed by atoms with Crippen LogP contribution in [0.1, 0.15) is 5.56 Å². The van der Waals surface area contributed by atoms with E-state index in [1.165, 1.54) is 13.3 Å². The first-order valence-electron chi connectivity index (χ1n) is 7.54. The van der Waals surface area contributed by atoms with E-state index in [1.54, 1.807) is 43.5 Å². The summed E-state index contributed by atoms with van der Waals surface area (Å²) in [6.45, 7) is 1.90. The van der Waals surface area contributed by atoms with Crippen molar-refractivity contribution < 1.29 is 14.3 Å². The van der Waals surface area contributed by atoms with E-state index in [2.05, 4.69) is 10.6 Å². The van der Waals surface area contributed by atoms with Gasteiger partial charge in [-0.1, -0.05) is 6.07 Å². The number of hydrogen-bond donors (Lipinski definition) is 2. The number of carbonyl (C=O) groups is 1.